The molecule has 2 N–H and O–H groups in total. The summed E-state index contributed by atoms with van der Waals surface area (Å²) in [7, 11) is -8.64. The molecule has 0 saturated heterocycles. The topological polar surface area (TPSA) is 127 Å². The van der Waals surface area contributed by atoms with Crippen LogP contribution >= 0.6 is 0 Å². The number of rotatable bonds is 8. The van der Waals surface area contributed by atoms with Crippen LogP contribution in [0.3, 0.4) is 0 Å². The van der Waals surface area contributed by atoms with Gasteiger partial charge in [-0.2, -0.15) is 16.8 Å². The van der Waals surface area contributed by atoms with E-state index in [0.717, 1.165) is 37.1 Å². The van der Waals surface area contributed by atoms with Gasteiger partial charge >= 0.3 is 0 Å². The Bertz CT molecular complexity index is 1390. The minimum Gasteiger partial charge on any atom is -0.382 e. The second-order valence-corrected chi connectivity index (χ2v) is 13.8. The minimum atomic E-state index is -4.32. The molecule has 5 rings (SSSR count). The lowest BCUT2D eigenvalue weighted by Crippen LogP contribution is -2.45. The SMILES string of the molecule is O=S(=O)(OC1CCCCC1(O)c1ccccc1)c1ccc(S(=O)(=O)OC2CCCCC2(O)c2ccccc2)cc1. The third-order valence-electron chi connectivity index (χ3n) is 8.05. The van der Waals surface area contributed by atoms with Crippen molar-refractivity contribution in [3.05, 3.63) is 96.1 Å². The highest BCUT2D eigenvalue weighted by Gasteiger charge is 2.45. The predicted octanol–water partition coefficient (Wildman–Crippen LogP) is 4.76. The molecule has 0 aromatic heterocycles. The maximum absolute atomic E-state index is 13.2. The van der Waals surface area contributed by atoms with Crippen molar-refractivity contribution in [1.29, 1.82) is 0 Å². The molecular formula is C30H34O8S2. The third kappa shape index (κ3) is 5.74. The molecule has 0 spiro atoms. The lowest BCUT2D eigenvalue weighted by atomic mass is 9.77. The number of hydrogen-bond acceptors (Lipinski definition) is 8. The van der Waals surface area contributed by atoms with Gasteiger partial charge in [0, 0.05) is 0 Å². The molecule has 0 radical (unpaired) electrons. The first-order valence-corrected chi connectivity index (χ1v) is 16.4. The lowest BCUT2D eigenvalue weighted by molar-refractivity contribution is -0.0911. The second-order valence-electron chi connectivity index (χ2n) is 10.6. The average molecular weight is 587 g/mol. The monoisotopic (exact) mass is 586 g/mol. The Morgan fingerprint density at radius 3 is 1.25 bits per heavy atom. The fraction of sp³-hybridized carbons (Fsp3) is 0.400. The molecule has 40 heavy (non-hydrogen) atoms. The van der Waals surface area contributed by atoms with Gasteiger partial charge in [-0.05, 0) is 61.1 Å². The summed E-state index contributed by atoms with van der Waals surface area (Å²) < 4.78 is 63.9. The zero-order chi connectivity index (χ0) is 28.4. The van der Waals surface area contributed by atoms with Gasteiger partial charge < -0.3 is 10.2 Å². The zero-order valence-electron chi connectivity index (χ0n) is 22.1. The number of hydrogen-bond donors (Lipinski definition) is 2. The zero-order valence-corrected chi connectivity index (χ0v) is 23.7. The maximum atomic E-state index is 13.2. The Balaban J connectivity index is 1.34. The van der Waals surface area contributed by atoms with E-state index in [2.05, 4.69) is 0 Å². The van der Waals surface area contributed by atoms with Gasteiger partial charge in [0.05, 0.1) is 9.79 Å². The largest absolute Gasteiger partial charge is 0.382 e. The van der Waals surface area contributed by atoms with E-state index in [4.69, 9.17) is 8.37 Å². The molecule has 10 heteroatoms. The van der Waals surface area contributed by atoms with Gasteiger partial charge in [-0.15, -0.1) is 0 Å². The molecule has 3 aromatic rings. The van der Waals surface area contributed by atoms with Gasteiger partial charge in [-0.3, -0.25) is 8.37 Å². The maximum Gasteiger partial charge on any atom is 0.297 e. The molecule has 2 fully saturated rings. The van der Waals surface area contributed by atoms with Gasteiger partial charge in [0.15, 0.2) is 0 Å². The fourth-order valence-corrected chi connectivity index (χ4v) is 8.09. The number of aliphatic hydroxyl groups is 2. The van der Waals surface area contributed by atoms with E-state index in [9.17, 15) is 27.0 Å². The van der Waals surface area contributed by atoms with E-state index in [1.54, 1.807) is 48.5 Å². The van der Waals surface area contributed by atoms with Crippen LogP contribution in [0.1, 0.15) is 62.5 Å². The van der Waals surface area contributed by atoms with Gasteiger partial charge in [-0.1, -0.05) is 86.3 Å². The standard InChI is InChI=1S/C30H34O8S2/c31-29(23-11-3-1-4-12-23)21-9-7-15-27(29)37-39(33,34)25-17-19-26(20-18-25)40(35,36)38-28-16-8-10-22-30(28,32)24-13-5-2-6-14-24/h1-6,11-14,17-20,27-28,31-32H,7-10,15-16,21-22H2. The van der Waals surface area contributed by atoms with Crippen LogP contribution in [0.5, 0.6) is 0 Å². The smallest absolute Gasteiger partial charge is 0.297 e. The second kappa shape index (κ2) is 11.3. The molecule has 0 aliphatic heterocycles. The van der Waals surface area contributed by atoms with Gasteiger partial charge in [-0.25, -0.2) is 0 Å². The van der Waals surface area contributed by atoms with Crippen LogP contribution < -0.4 is 0 Å². The van der Waals surface area contributed by atoms with E-state index in [1.165, 1.54) is 0 Å². The summed E-state index contributed by atoms with van der Waals surface area (Å²) in [6, 6.07) is 22.4. The average Bonchev–Trinajstić information content (AvgIpc) is 2.96. The first-order chi connectivity index (χ1) is 19.0. The molecule has 214 valence electrons. The van der Waals surface area contributed by atoms with Crippen LogP contribution in [-0.4, -0.2) is 39.3 Å². The Hall–Kier alpha value is -2.60. The summed E-state index contributed by atoms with van der Waals surface area (Å²) in [5.74, 6) is 0. The highest BCUT2D eigenvalue weighted by Crippen LogP contribution is 2.42. The Labute approximate surface area is 235 Å². The summed E-state index contributed by atoms with van der Waals surface area (Å²) in [6.45, 7) is 0. The fourth-order valence-electron chi connectivity index (χ4n) is 5.81. The van der Waals surface area contributed by atoms with Crippen molar-refractivity contribution in [3.63, 3.8) is 0 Å². The van der Waals surface area contributed by atoms with E-state index >= 15 is 0 Å². The summed E-state index contributed by atoms with van der Waals surface area (Å²) >= 11 is 0. The number of benzene rings is 3. The van der Waals surface area contributed by atoms with Crippen LogP contribution in [0, 0.1) is 0 Å². The highest BCUT2D eigenvalue weighted by molar-refractivity contribution is 7.87. The molecule has 0 bridgehead atoms. The van der Waals surface area contributed by atoms with E-state index in [1.807, 2.05) is 12.1 Å². The Morgan fingerprint density at radius 2 is 0.900 bits per heavy atom. The Morgan fingerprint density at radius 1 is 0.550 bits per heavy atom. The quantitative estimate of drug-likeness (QED) is 0.362. The molecule has 2 aliphatic carbocycles. The van der Waals surface area contributed by atoms with Gasteiger partial charge in [0.25, 0.3) is 20.2 Å². The van der Waals surface area contributed by atoms with Crippen molar-refractivity contribution in [3.8, 4) is 0 Å². The highest BCUT2D eigenvalue weighted by atomic mass is 32.2. The first kappa shape index (κ1) is 28.9. The molecular weight excluding hydrogens is 552 g/mol. The van der Waals surface area contributed by atoms with Crippen molar-refractivity contribution < 1.29 is 35.4 Å². The van der Waals surface area contributed by atoms with Crippen molar-refractivity contribution in [1.82, 2.24) is 0 Å². The molecule has 3 aromatic carbocycles. The molecule has 8 nitrogen and oxygen atoms in total. The molecule has 4 unspecified atom stereocenters. The van der Waals surface area contributed by atoms with Crippen LogP contribution in [0.25, 0.3) is 0 Å². The van der Waals surface area contributed by atoms with Crippen molar-refractivity contribution in [2.45, 2.75) is 84.6 Å². The summed E-state index contributed by atoms with van der Waals surface area (Å²) in [5.41, 5.74) is -1.74. The summed E-state index contributed by atoms with van der Waals surface area (Å²) in [5, 5.41) is 22.9. The molecule has 2 aliphatic rings. The molecule has 0 amide bonds. The van der Waals surface area contributed by atoms with Crippen LogP contribution in [-0.2, 0) is 39.8 Å². The Kier molecular flexibility index (Phi) is 8.20. The van der Waals surface area contributed by atoms with Crippen molar-refractivity contribution in [2.75, 3.05) is 0 Å². The normalized spacial score (nSPS) is 27.8. The molecule has 4 atom stereocenters. The summed E-state index contributed by atoms with van der Waals surface area (Å²) in [6.07, 6.45) is 2.36. The molecule has 0 heterocycles. The van der Waals surface area contributed by atoms with Crippen LogP contribution in [0.4, 0.5) is 0 Å². The van der Waals surface area contributed by atoms with E-state index in [0.29, 0.717) is 49.7 Å². The molecule has 2 saturated carbocycles. The van der Waals surface area contributed by atoms with Crippen LogP contribution in [0.2, 0.25) is 0 Å². The van der Waals surface area contributed by atoms with E-state index in [-0.39, 0.29) is 9.79 Å². The predicted molar refractivity (Wildman–Crippen MR) is 148 cm³/mol. The lowest BCUT2D eigenvalue weighted by Gasteiger charge is -2.39. The summed E-state index contributed by atoms with van der Waals surface area (Å²) in [4.78, 5) is -0.461. The van der Waals surface area contributed by atoms with Crippen LogP contribution in [0.15, 0.2) is 94.7 Å². The first-order valence-electron chi connectivity index (χ1n) is 13.6. The third-order valence-corrected chi connectivity index (χ3v) is 10.7. The minimum absolute atomic E-state index is 0.231. The van der Waals surface area contributed by atoms with Gasteiger partial charge in [0.2, 0.25) is 0 Å². The van der Waals surface area contributed by atoms with E-state index < -0.39 is 43.6 Å². The van der Waals surface area contributed by atoms with Gasteiger partial charge in [0.1, 0.15) is 23.4 Å². The van der Waals surface area contributed by atoms with Crippen molar-refractivity contribution in [2.24, 2.45) is 0 Å². The van der Waals surface area contributed by atoms with Crippen molar-refractivity contribution >= 4 is 20.2 Å².